The molecule has 8 nitrogen and oxygen atoms in total. The quantitative estimate of drug-likeness (QED) is 0.406. The molecule has 122 valence electrons. The van der Waals surface area contributed by atoms with Gasteiger partial charge in [-0.15, -0.1) is 0 Å². The number of carbonyl (C=O) groups excluding carboxylic acids is 1. The predicted molar refractivity (Wildman–Crippen MR) is 76.5 cm³/mol. The first-order valence-corrected chi connectivity index (χ1v) is 6.40. The van der Waals surface area contributed by atoms with E-state index in [1.165, 1.54) is 0 Å². The summed E-state index contributed by atoms with van der Waals surface area (Å²) < 4.78 is 0. The third-order valence-corrected chi connectivity index (χ3v) is 3.25. The van der Waals surface area contributed by atoms with Gasteiger partial charge >= 0.3 is 0 Å². The van der Waals surface area contributed by atoms with Crippen molar-refractivity contribution in [2.45, 2.75) is 12.5 Å². The van der Waals surface area contributed by atoms with Crippen LogP contribution >= 0.6 is 0 Å². The SMILES string of the molecule is O=C(Cc1c(O)cc(O)cc1O)C(O)c1cc(O)c(O)c(O)c1. The molecule has 0 amide bonds. The maximum Gasteiger partial charge on any atom is 0.200 e. The summed E-state index contributed by atoms with van der Waals surface area (Å²) in [5.74, 6) is -4.54. The smallest absolute Gasteiger partial charge is 0.200 e. The molecule has 0 aliphatic carbocycles. The third kappa shape index (κ3) is 3.22. The normalized spacial score (nSPS) is 12.0. The van der Waals surface area contributed by atoms with Crippen molar-refractivity contribution < 1.29 is 40.5 Å². The average Bonchev–Trinajstić information content (AvgIpc) is 2.46. The van der Waals surface area contributed by atoms with Gasteiger partial charge in [0.25, 0.3) is 0 Å². The summed E-state index contributed by atoms with van der Waals surface area (Å²) in [6.45, 7) is 0. The molecule has 0 heterocycles. The summed E-state index contributed by atoms with van der Waals surface area (Å²) in [5.41, 5.74) is -0.375. The Labute approximate surface area is 129 Å². The molecule has 2 rings (SSSR count). The molecular formula is C15H14O8. The fourth-order valence-corrected chi connectivity index (χ4v) is 2.05. The summed E-state index contributed by atoms with van der Waals surface area (Å²) in [6, 6.07) is 3.64. The van der Waals surface area contributed by atoms with E-state index in [-0.39, 0.29) is 11.1 Å². The Morgan fingerprint density at radius 3 is 1.78 bits per heavy atom. The lowest BCUT2D eigenvalue weighted by molar-refractivity contribution is -0.126. The zero-order valence-corrected chi connectivity index (χ0v) is 11.6. The zero-order valence-electron chi connectivity index (χ0n) is 11.6. The van der Waals surface area contributed by atoms with Crippen LogP contribution in [-0.4, -0.2) is 41.5 Å². The number of hydrogen-bond acceptors (Lipinski definition) is 8. The number of carbonyl (C=O) groups is 1. The highest BCUT2D eigenvalue weighted by molar-refractivity contribution is 5.87. The van der Waals surface area contributed by atoms with E-state index in [1.54, 1.807) is 0 Å². The highest BCUT2D eigenvalue weighted by Gasteiger charge is 2.23. The van der Waals surface area contributed by atoms with E-state index in [9.17, 15) is 40.5 Å². The van der Waals surface area contributed by atoms with Crippen LogP contribution in [0.15, 0.2) is 24.3 Å². The van der Waals surface area contributed by atoms with Crippen LogP contribution in [0.1, 0.15) is 17.2 Å². The Morgan fingerprint density at radius 2 is 1.30 bits per heavy atom. The second-order valence-electron chi connectivity index (χ2n) is 4.92. The van der Waals surface area contributed by atoms with E-state index in [4.69, 9.17) is 0 Å². The van der Waals surface area contributed by atoms with Crippen LogP contribution in [0.2, 0.25) is 0 Å². The summed E-state index contributed by atoms with van der Waals surface area (Å²) in [7, 11) is 0. The van der Waals surface area contributed by atoms with Gasteiger partial charge in [-0.3, -0.25) is 4.79 Å². The maximum atomic E-state index is 12.0. The molecule has 2 aromatic rings. The number of benzene rings is 2. The number of phenolic OH excluding ortho intramolecular Hbond substituents is 6. The second-order valence-corrected chi connectivity index (χ2v) is 4.92. The number of phenols is 6. The molecule has 2 aromatic carbocycles. The van der Waals surface area contributed by atoms with Gasteiger partial charge in [0.1, 0.15) is 23.4 Å². The molecule has 8 heteroatoms. The van der Waals surface area contributed by atoms with E-state index in [1.807, 2.05) is 0 Å². The van der Waals surface area contributed by atoms with Gasteiger partial charge in [0.15, 0.2) is 23.0 Å². The molecule has 0 spiro atoms. The molecule has 0 aromatic heterocycles. The molecule has 0 aliphatic rings. The molecule has 23 heavy (non-hydrogen) atoms. The van der Waals surface area contributed by atoms with E-state index < -0.39 is 52.8 Å². The van der Waals surface area contributed by atoms with Crippen molar-refractivity contribution in [3.05, 3.63) is 35.4 Å². The van der Waals surface area contributed by atoms with Crippen molar-refractivity contribution in [3.8, 4) is 34.5 Å². The minimum Gasteiger partial charge on any atom is -0.508 e. The Morgan fingerprint density at radius 1 is 0.826 bits per heavy atom. The Kier molecular flexibility index (Phi) is 4.19. The monoisotopic (exact) mass is 322 g/mol. The lowest BCUT2D eigenvalue weighted by atomic mass is 9.98. The predicted octanol–water partition coefficient (Wildman–Crippen LogP) is 0.765. The molecule has 0 bridgehead atoms. The van der Waals surface area contributed by atoms with Gasteiger partial charge in [0.2, 0.25) is 0 Å². The van der Waals surface area contributed by atoms with Crippen molar-refractivity contribution >= 4 is 5.78 Å². The average molecular weight is 322 g/mol. The van der Waals surface area contributed by atoms with Gasteiger partial charge in [0, 0.05) is 24.1 Å². The van der Waals surface area contributed by atoms with Crippen molar-refractivity contribution in [2.75, 3.05) is 0 Å². The second kappa shape index (κ2) is 5.93. The highest BCUT2D eigenvalue weighted by atomic mass is 16.3. The van der Waals surface area contributed by atoms with E-state index in [2.05, 4.69) is 0 Å². The zero-order chi connectivity index (χ0) is 17.3. The molecular weight excluding hydrogens is 308 g/mol. The molecule has 0 aliphatic heterocycles. The van der Waals surface area contributed by atoms with Crippen LogP contribution in [0.25, 0.3) is 0 Å². The molecule has 7 N–H and O–H groups in total. The maximum absolute atomic E-state index is 12.0. The van der Waals surface area contributed by atoms with Gasteiger partial charge in [-0.1, -0.05) is 0 Å². The topological polar surface area (TPSA) is 159 Å². The minimum atomic E-state index is -1.78. The highest BCUT2D eigenvalue weighted by Crippen LogP contribution is 2.38. The van der Waals surface area contributed by atoms with Gasteiger partial charge in [0.05, 0.1) is 0 Å². The van der Waals surface area contributed by atoms with E-state index in [0.717, 1.165) is 24.3 Å². The van der Waals surface area contributed by atoms with Crippen LogP contribution in [0.4, 0.5) is 0 Å². The van der Waals surface area contributed by atoms with Crippen LogP contribution in [-0.2, 0) is 11.2 Å². The third-order valence-electron chi connectivity index (χ3n) is 3.25. The number of hydrogen-bond donors (Lipinski definition) is 7. The number of ketones is 1. The molecule has 0 saturated heterocycles. The first-order valence-electron chi connectivity index (χ1n) is 6.40. The number of Topliss-reactive ketones (excluding diaryl/α,β-unsaturated/α-hetero) is 1. The number of aliphatic hydroxyl groups is 1. The van der Waals surface area contributed by atoms with Crippen LogP contribution < -0.4 is 0 Å². The Hall–Kier alpha value is -3.13. The van der Waals surface area contributed by atoms with Crippen molar-refractivity contribution in [1.29, 1.82) is 0 Å². The van der Waals surface area contributed by atoms with Crippen LogP contribution in [0.5, 0.6) is 34.5 Å². The number of aliphatic hydroxyl groups excluding tert-OH is 1. The van der Waals surface area contributed by atoms with E-state index in [0.29, 0.717) is 0 Å². The standard InChI is InChI=1S/C15H14O8/c16-7-3-9(17)8(10(18)4-7)5-13(21)14(22)6-1-11(19)15(23)12(20)2-6/h1-4,14,16-20,22-23H,5H2. The Bertz CT molecular complexity index is 722. The van der Waals surface area contributed by atoms with Crippen LogP contribution in [0.3, 0.4) is 0 Å². The molecule has 1 atom stereocenters. The molecule has 1 unspecified atom stereocenters. The fourth-order valence-electron chi connectivity index (χ4n) is 2.05. The first kappa shape index (κ1) is 16.2. The molecule has 0 saturated carbocycles. The summed E-state index contributed by atoms with van der Waals surface area (Å²) in [4.78, 5) is 12.0. The molecule has 0 radical (unpaired) electrons. The van der Waals surface area contributed by atoms with Gasteiger partial charge in [-0.25, -0.2) is 0 Å². The van der Waals surface area contributed by atoms with Gasteiger partial charge < -0.3 is 35.7 Å². The lowest BCUT2D eigenvalue weighted by Gasteiger charge is -2.13. The van der Waals surface area contributed by atoms with E-state index >= 15 is 0 Å². The summed E-state index contributed by atoms with van der Waals surface area (Å²) in [5, 5.41) is 66.4. The summed E-state index contributed by atoms with van der Waals surface area (Å²) in [6.07, 6.45) is -2.35. The summed E-state index contributed by atoms with van der Waals surface area (Å²) >= 11 is 0. The van der Waals surface area contributed by atoms with Crippen molar-refractivity contribution in [1.82, 2.24) is 0 Å². The number of rotatable bonds is 4. The number of aromatic hydroxyl groups is 6. The van der Waals surface area contributed by atoms with Gasteiger partial charge in [-0.05, 0) is 17.7 Å². The minimum absolute atomic E-state index is 0.180. The van der Waals surface area contributed by atoms with Crippen molar-refractivity contribution in [3.63, 3.8) is 0 Å². The van der Waals surface area contributed by atoms with Crippen molar-refractivity contribution in [2.24, 2.45) is 0 Å². The Balaban J connectivity index is 2.28. The lowest BCUT2D eigenvalue weighted by Crippen LogP contribution is -2.14. The van der Waals surface area contributed by atoms with Crippen LogP contribution in [0, 0.1) is 0 Å². The van der Waals surface area contributed by atoms with Gasteiger partial charge in [-0.2, -0.15) is 0 Å². The molecule has 0 fully saturated rings. The fraction of sp³-hybridized carbons (Fsp3) is 0.133. The largest absolute Gasteiger partial charge is 0.508 e. The first-order chi connectivity index (χ1) is 10.7.